The van der Waals surface area contributed by atoms with Crippen molar-refractivity contribution in [2.24, 2.45) is 5.73 Å². The minimum atomic E-state index is -1.97. The van der Waals surface area contributed by atoms with Crippen molar-refractivity contribution in [3.05, 3.63) is 35.9 Å². The molecule has 0 aliphatic carbocycles. The number of primary amides is 1. The van der Waals surface area contributed by atoms with Gasteiger partial charge in [0, 0.05) is 6.08 Å². The molecule has 0 saturated carbocycles. The molecule has 1 amide bonds. The molecule has 0 fully saturated rings. The van der Waals surface area contributed by atoms with Crippen LogP contribution in [-0.4, -0.2) is 14.7 Å². The predicted octanol–water partition coefficient (Wildman–Crippen LogP) is 0.766. The van der Waals surface area contributed by atoms with Crippen LogP contribution in [-0.2, 0) is 15.9 Å². The van der Waals surface area contributed by atoms with E-state index < -0.39 is 17.0 Å². The maximum absolute atomic E-state index is 10.6. The van der Waals surface area contributed by atoms with Gasteiger partial charge in [0.1, 0.15) is 0 Å². The maximum Gasteiger partial charge on any atom is 0.241 e. The van der Waals surface area contributed by atoms with Crippen molar-refractivity contribution in [3.8, 4) is 0 Å². The van der Waals surface area contributed by atoms with E-state index in [0.717, 1.165) is 5.56 Å². The second kappa shape index (κ2) is 4.69. The summed E-state index contributed by atoms with van der Waals surface area (Å²) in [5.41, 5.74) is 5.65. The summed E-state index contributed by atoms with van der Waals surface area (Å²) in [6.07, 6.45) is 2.76. The fraction of sp³-hybridized carbons (Fsp3) is 0. The van der Waals surface area contributed by atoms with Gasteiger partial charge in [0.05, 0.1) is 4.90 Å². The van der Waals surface area contributed by atoms with Crippen LogP contribution >= 0.6 is 0 Å². The van der Waals surface area contributed by atoms with E-state index in [9.17, 15) is 9.00 Å². The summed E-state index contributed by atoms with van der Waals surface area (Å²) in [6, 6.07) is 6.28. The van der Waals surface area contributed by atoms with Gasteiger partial charge in [-0.15, -0.1) is 0 Å². The summed E-state index contributed by atoms with van der Waals surface area (Å²) in [7, 11) is 0. The maximum atomic E-state index is 10.6. The van der Waals surface area contributed by atoms with Gasteiger partial charge in [-0.2, -0.15) is 0 Å². The molecule has 0 saturated heterocycles. The Kier molecular flexibility index (Phi) is 3.55. The Hall–Kier alpha value is -1.46. The highest BCUT2D eigenvalue weighted by Crippen LogP contribution is 2.08. The number of rotatable bonds is 3. The van der Waals surface area contributed by atoms with Crippen LogP contribution in [0.4, 0.5) is 0 Å². The van der Waals surface area contributed by atoms with E-state index in [1.54, 1.807) is 12.1 Å². The number of hydrogen-bond donors (Lipinski definition) is 2. The first-order valence-corrected chi connectivity index (χ1v) is 4.88. The topological polar surface area (TPSA) is 80.4 Å². The van der Waals surface area contributed by atoms with Crippen LogP contribution in [0.5, 0.6) is 0 Å². The number of benzene rings is 1. The standard InChI is InChI=1S/C9H9NO3S/c10-9(11)6-3-7-1-4-8(5-2-7)14(12)13/h1-6H,(H2,10,11)(H,12,13)/b6-3+. The van der Waals surface area contributed by atoms with Crippen LogP contribution in [0, 0.1) is 0 Å². The molecule has 3 N–H and O–H groups in total. The molecule has 5 heteroatoms. The molecular weight excluding hydrogens is 202 g/mol. The molecule has 1 aromatic rings. The highest BCUT2D eigenvalue weighted by atomic mass is 32.2. The van der Waals surface area contributed by atoms with E-state index in [0.29, 0.717) is 4.90 Å². The Morgan fingerprint density at radius 3 is 2.36 bits per heavy atom. The predicted molar refractivity (Wildman–Crippen MR) is 53.7 cm³/mol. The third kappa shape index (κ3) is 3.12. The molecular formula is C9H9NO3S. The van der Waals surface area contributed by atoms with Gasteiger partial charge in [0.15, 0.2) is 11.1 Å². The minimum absolute atomic E-state index is 0.321. The summed E-state index contributed by atoms with van der Waals surface area (Å²) < 4.78 is 19.3. The van der Waals surface area contributed by atoms with Crippen molar-refractivity contribution in [2.75, 3.05) is 0 Å². The van der Waals surface area contributed by atoms with Crippen molar-refractivity contribution in [3.63, 3.8) is 0 Å². The fourth-order valence-corrected chi connectivity index (χ4v) is 1.24. The lowest BCUT2D eigenvalue weighted by Crippen LogP contribution is -2.05. The monoisotopic (exact) mass is 211 g/mol. The molecule has 0 heterocycles. The number of nitrogens with two attached hydrogens (primary N) is 1. The number of hydrogen-bond acceptors (Lipinski definition) is 2. The van der Waals surface area contributed by atoms with Crippen molar-refractivity contribution in [1.29, 1.82) is 0 Å². The van der Waals surface area contributed by atoms with E-state index in [-0.39, 0.29) is 0 Å². The molecule has 1 unspecified atom stereocenters. The Labute approximate surface area is 83.7 Å². The van der Waals surface area contributed by atoms with Gasteiger partial charge in [-0.1, -0.05) is 12.1 Å². The first-order valence-electron chi connectivity index (χ1n) is 3.78. The molecule has 14 heavy (non-hydrogen) atoms. The SMILES string of the molecule is NC(=O)/C=C/c1ccc(S(=O)O)cc1. The zero-order chi connectivity index (χ0) is 10.6. The van der Waals surface area contributed by atoms with E-state index in [4.69, 9.17) is 10.3 Å². The lowest BCUT2D eigenvalue weighted by molar-refractivity contribution is -0.113. The molecule has 1 atom stereocenters. The van der Waals surface area contributed by atoms with Crippen LogP contribution in [0.1, 0.15) is 5.56 Å². The third-order valence-electron chi connectivity index (χ3n) is 1.52. The van der Waals surface area contributed by atoms with Gasteiger partial charge in [-0.25, -0.2) is 4.21 Å². The molecule has 0 spiro atoms. The van der Waals surface area contributed by atoms with Crippen LogP contribution in [0.3, 0.4) is 0 Å². The highest BCUT2D eigenvalue weighted by molar-refractivity contribution is 7.79. The molecule has 0 aliphatic rings. The Morgan fingerprint density at radius 2 is 1.93 bits per heavy atom. The summed E-state index contributed by atoms with van der Waals surface area (Å²) in [5.74, 6) is -0.528. The van der Waals surface area contributed by atoms with Gasteiger partial charge in [0.2, 0.25) is 5.91 Å². The van der Waals surface area contributed by atoms with Crippen LogP contribution in [0.25, 0.3) is 6.08 Å². The second-order valence-electron chi connectivity index (χ2n) is 2.55. The molecule has 1 rings (SSSR count). The first-order chi connectivity index (χ1) is 6.59. The normalized spacial score (nSPS) is 12.9. The van der Waals surface area contributed by atoms with E-state index in [1.165, 1.54) is 24.3 Å². The van der Waals surface area contributed by atoms with Crippen molar-refractivity contribution in [1.82, 2.24) is 0 Å². The Morgan fingerprint density at radius 1 is 1.36 bits per heavy atom. The molecule has 0 bridgehead atoms. The van der Waals surface area contributed by atoms with Gasteiger partial charge in [0.25, 0.3) is 0 Å². The minimum Gasteiger partial charge on any atom is -0.366 e. The van der Waals surface area contributed by atoms with Crippen LogP contribution in [0.15, 0.2) is 35.2 Å². The fourth-order valence-electron chi connectivity index (χ4n) is 0.874. The zero-order valence-corrected chi connectivity index (χ0v) is 8.03. The van der Waals surface area contributed by atoms with Crippen LogP contribution < -0.4 is 5.73 Å². The van der Waals surface area contributed by atoms with E-state index in [1.807, 2.05) is 0 Å². The molecule has 74 valence electrons. The quantitative estimate of drug-likeness (QED) is 0.572. The van der Waals surface area contributed by atoms with Gasteiger partial charge in [-0.3, -0.25) is 4.79 Å². The average Bonchev–Trinajstić information content (AvgIpc) is 2.15. The summed E-state index contributed by atoms with van der Waals surface area (Å²) in [5, 5.41) is 0. The van der Waals surface area contributed by atoms with E-state index in [2.05, 4.69) is 0 Å². The third-order valence-corrected chi connectivity index (χ3v) is 2.20. The molecule has 0 aromatic heterocycles. The molecule has 0 aliphatic heterocycles. The van der Waals surface area contributed by atoms with Gasteiger partial charge >= 0.3 is 0 Å². The molecule has 4 nitrogen and oxygen atoms in total. The lowest BCUT2D eigenvalue weighted by Gasteiger charge is -1.95. The largest absolute Gasteiger partial charge is 0.366 e. The highest BCUT2D eigenvalue weighted by Gasteiger charge is 1.97. The number of carbonyl (C=O) groups excluding carboxylic acids is 1. The first kappa shape index (κ1) is 10.6. The molecule has 0 radical (unpaired) electrons. The molecule has 1 aromatic carbocycles. The lowest BCUT2D eigenvalue weighted by atomic mass is 10.2. The van der Waals surface area contributed by atoms with Crippen molar-refractivity contribution < 1.29 is 13.6 Å². The summed E-state index contributed by atoms with van der Waals surface area (Å²) in [6.45, 7) is 0. The summed E-state index contributed by atoms with van der Waals surface area (Å²) >= 11 is -1.97. The zero-order valence-electron chi connectivity index (χ0n) is 7.21. The van der Waals surface area contributed by atoms with E-state index >= 15 is 0 Å². The smallest absolute Gasteiger partial charge is 0.241 e. The number of carbonyl (C=O) groups is 1. The van der Waals surface area contributed by atoms with Gasteiger partial charge in [-0.05, 0) is 23.8 Å². The summed E-state index contributed by atoms with van der Waals surface area (Å²) in [4.78, 5) is 10.7. The Bertz CT molecular complexity index is 384. The van der Waals surface area contributed by atoms with Crippen molar-refractivity contribution >= 4 is 23.1 Å². The van der Waals surface area contributed by atoms with Crippen molar-refractivity contribution in [2.45, 2.75) is 4.90 Å². The van der Waals surface area contributed by atoms with Crippen LogP contribution in [0.2, 0.25) is 0 Å². The Balaban J connectivity index is 2.83. The number of amides is 1. The average molecular weight is 211 g/mol. The second-order valence-corrected chi connectivity index (χ2v) is 3.52. The van der Waals surface area contributed by atoms with Gasteiger partial charge < -0.3 is 10.3 Å².